The molecule has 1 saturated heterocycles. The molecule has 0 amide bonds. The number of quaternary nitrogens is 1. The van der Waals surface area contributed by atoms with Crippen molar-refractivity contribution >= 4 is 17.7 Å². The van der Waals surface area contributed by atoms with E-state index in [9.17, 15) is 9.90 Å². The predicted molar refractivity (Wildman–Crippen MR) is 57.1 cm³/mol. The fourth-order valence-electron chi connectivity index (χ4n) is 1.78. The summed E-state index contributed by atoms with van der Waals surface area (Å²) in [6, 6.07) is 7.69. The van der Waals surface area contributed by atoms with Gasteiger partial charge >= 0.3 is 0 Å². The predicted octanol–water partition coefficient (Wildman–Crippen LogP) is -0.578. The third-order valence-corrected chi connectivity index (χ3v) is 3.98. The smallest absolute Gasteiger partial charge is 0.159 e. The van der Waals surface area contributed by atoms with Crippen LogP contribution in [0.3, 0.4) is 0 Å². The summed E-state index contributed by atoms with van der Waals surface area (Å²) >= 11 is 1.67. The van der Waals surface area contributed by atoms with Crippen molar-refractivity contribution in [2.24, 2.45) is 0 Å². The molecule has 15 heavy (non-hydrogen) atoms. The molecule has 1 aromatic carbocycles. The van der Waals surface area contributed by atoms with Crippen LogP contribution in [-0.4, -0.2) is 17.8 Å². The Labute approximate surface area is 92.9 Å². The standard InChI is InChI=1S/C11H13NO2S/c1-7-4-2-3-5-8(7)10-12-9(6-15-10)11(13)14/h2-5,9-10,12H,6H2,1H3,(H,13,14)/t9-,10+/m1/s1. The number of carboxylic acid groups (broad SMARTS) is 1. The number of nitrogens with two attached hydrogens (primary N) is 1. The van der Waals surface area contributed by atoms with Crippen LogP contribution in [0.25, 0.3) is 0 Å². The molecular formula is C11H13NO2S. The maximum atomic E-state index is 10.7. The summed E-state index contributed by atoms with van der Waals surface area (Å²) in [5.74, 6) is -0.333. The molecule has 1 heterocycles. The Kier molecular flexibility index (Phi) is 2.98. The number of aryl methyl sites for hydroxylation is 1. The first-order valence-corrected chi connectivity index (χ1v) is 5.96. The number of hydrogen-bond acceptors (Lipinski definition) is 3. The molecule has 1 fully saturated rings. The Morgan fingerprint density at radius 2 is 2.27 bits per heavy atom. The molecule has 4 heteroatoms. The van der Waals surface area contributed by atoms with Gasteiger partial charge in [0.25, 0.3) is 0 Å². The van der Waals surface area contributed by atoms with Gasteiger partial charge in [0.2, 0.25) is 0 Å². The number of carbonyl (C=O) groups is 1. The van der Waals surface area contributed by atoms with E-state index in [1.165, 1.54) is 11.1 Å². The molecule has 2 atom stereocenters. The van der Waals surface area contributed by atoms with Crippen molar-refractivity contribution in [3.05, 3.63) is 35.4 Å². The molecule has 0 unspecified atom stereocenters. The van der Waals surface area contributed by atoms with Gasteiger partial charge in [-0.1, -0.05) is 36.0 Å². The lowest BCUT2D eigenvalue weighted by Gasteiger charge is -2.12. The fraction of sp³-hybridized carbons (Fsp3) is 0.364. The molecule has 0 aliphatic carbocycles. The van der Waals surface area contributed by atoms with Gasteiger partial charge in [0.15, 0.2) is 5.37 Å². The van der Waals surface area contributed by atoms with E-state index in [0.29, 0.717) is 5.75 Å². The third-order valence-electron chi connectivity index (χ3n) is 2.66. The van der Waals surface area contributed by atoms with Crippen LogP contribution in [0.15, 0.2) is 24.3 Å². The lowest BCUT2D eigenvalue weighted by molar-refractivity contribution is -0.690. The van der Waals surface area contributed by atoms with Crippen molar-refractivity contribution in [3.8, 4) is 0 Å². The lowest BCUT2D eigenvalue weighted by Crippen LogP contribution is -2.90. The molecule has 2 rings (SSSR count). The summed E-state index contributed by atoms with van der Waals surface area (Å²) in [6.07, 6.45) is 0. The molecule has 0 radical (unpaired) electrons. The van der Waals surface area contributed by atoms with Gasteiger partial charge < -0.3 is 15.2 Å². The highest BCUT2D eigenvalue weighted by Gasteiger charge is 2.31. The molecule has 1 aliphatic heterocycles. The number of carboxylic acids is 1. The summed E-state index contributed by atoms with van der Waals surface area (Å²) < 4.78 is 0. The van der Waals surface area contributed by atoms with E-state index in [-0.39, 0.29) is 5.37 Å². The molecule has 0 bridgehead atoms. The minimum Gasteiger partial charge on any atom is -0.544 e. The van der Waals surface area contributed by atoms with Crippen molar-refractivity contribution < 1.29 is 15.2 Å². The zero-order valence-electron chi connectivity index (χ0n) is 8.47. The highest BCUT2D eigenvalue weighted by molar-refractivity contribution is 7.99. The number of carbonyl (C=O) groups excluding carboxylic acids is 1. The zero-order valence-corrected chi connectivity index (χ0v) is 9.29. The molecule has 2 N–H and O–H groups in total. The van der Waals surface area contributed by atoms with Gasteiger partial charge in [-0.2, -0.15) is 0 Å². The van der Waals surface area contributed by atoms with Crippen molar-refractivity contribution in [1.82, 2.24) is 0 Å². The van der Waals surface area contributed by atoms with E-state index < -0.39 is 12.0 Å². The van der Waals surface area contributed by atoms with Crippen molar-refractivity contribution in [3.63, 3.8) is 0 Å². The SMILES string of the molecule is Cc1ccccc1[C@H]1[NH2+][C@@H](C(=O)[O-])CS1. The van der Waals surface area contributed by atoms with Crippen LogP contribution < -0.4 is 10.4 Å². The molecule has 3 nitrogen and oxygen atoms in total. The number of thioether (sulfide) groups is 1. The van der Waals surface area contributed by atoms with Gasteiger partial charge in [0.1, 0.15) is 12.0 Å². The second kappa shape index (κ2) is 4.24. The normalized spacial score (nSPS) is 25.4. The Hall–Kier alpha value is -1.00. The first-order valence-electron chi connectivity index (χ1n) is 4.91. The van der Waals surface area contributed by atoms with Crippen molar-refractivity contribution in [2.45, 2.75) is 18.3 Å². The lowest BCUT2D eigenvalue weighted by atomic mass is 10.1. The Morgan fingerprint density at radius 1 is 1.53 bits per heavy atom. The molecule has 1 aromatic rings. The van der Waals surface area contributed by atoms with Crippen LogP contribution >= 0.6 is 11.8 Å². The zero-order chi connectivity index (χ0) is 10.8. The first kappa shape index (κ1) is 10.5. The summed E-state index contributed by atoms with van der Waals surface area (Å²) in [5.41, 5.74) is 2.43. The van der Waals surface area contributed by atoms with Crippen LogP contribution in [0.4, 0.5) is 0 Å². The summed E-state index contributed by atoms with van der Waals surface area (Å²) in [6.45, 7) is 2.05. The topological polar surface area (TPSA) is 56.7 Å². The van der Waals surface area contributed by atoms with Gasteiger partial charge in [-0.3, -0.25) is 0 Å². The van der Waals surface area contributed by atoms with Crippen LogP contribution in [0.2, 0.25) is 0 Å². The van der Waals surface area contributed by atoms with E-state index in [2.05, 4.69) is 19.1 Å². The third kappa shape index (κ3) is 2.16. The maximum Gasteiger partial charge on any atom is 0.159 e. The maximum absolute atomic E-state index is 10.7. The van der Waals surface area contributed by atoms with Crippen LogP contribution in [-0.2, 0) is 4.79 Å². The Morgan fingerprint density at radius 3 is 2.87 bits per heavy atom. The Balaban J connectivity index is 2.14. The van der Waals surface area contributed by atoms with Crippen LogP contribution in [0, 0.1) is 6.92 Å². The highest BCUT2D eigenvalue weighted by atomic mass is 32.2. The highest BCUT2D eigenvalue weighted by Crippen LogP contribution is 2.28. The van der Waals surface area contributed by atoms with E-state index in [0.717, 1.165) is 0 Å². The van der Waals surface area contributed by atoms with Gasteiger partial charge in [0, 0.05) is 5.56 Å². The number of benzene rings is 1. The number of aliphatic carboxylic acids is 1. The summed E-state index contributed by atoms with van der Waals surface area (Å²) in [4.78, 5) is 10.7. The average Bonchev–Trinajstić information content (AvgIpc) is 2.67. The quantitative estimate of drug-likeness (QED) is 0.730. The van der Waals surface area contributed by atoms with E-state index in [1.807, 2.05) is 17.4 Å². The molecule has 1 aliphatic rings. The molecule has 80 valence electrons. The fourth-order valence-corrected chi connectivity index (χ4v) is 3.18. The largest absolute Gasteiger partial charge is 0.544 e. The van der Waals surface area contributed by atoms with Gasteiger partial charge in [-0.05, 0) is 12.5 Å². The average molecular weight is 223 g/mol. The summed E-state index contributed by atoms with van der Waals surface area (Å²) in [5, 5.41) is 12.8. The minimum absolute atomic E-state index is 0.203. The first-order chi connectivity index (χ1) is 7.18. The molecule has 0 aromatic heterocycles. The second-order valence-electron chi connectivity index (χ2n) is 3.73. The van der Waals surface area contributed by atoms with Gasteiger partial charge in [-0.15, -0.1) is 0 Å². The van der Waals surface area contributed by atoms with E-state index >= 15 is 0 Å². The van der Waals surface area contributed by atoms with Crippen molar-refractivity contribution in [1.29, 1.82) is 0 Å². The van der Waals surface area contributed by atoms with Crippen LogP contribution in [0.5, 0.6) is 0 Å². The minimum atomic E-state index is -0.960. The van der Waals surface area contributed by atoms with Crippen molar-refractivity contribution in [2.75, 3.05) is 5.75 Å². The molecule has 0 saturated carbocycles. The number of hydrogen-bond donors (Lipinski definition) is 1. The monoisotopic (exact) mass is 223 g/mol. The van der Waals surface area contributed by atoms with Gasteiger partial charge in [0.05, 0.1) is 5.75 Å². The van der Waals surface area contributed by atoms with E-state index in [1.54, 1.807) is 11.8 Å². The molecule has 0 spiro atoms. The van der Waals surface area contributed by atoms with Crippen LogP contribution in [0.1, 0.15) is 16.5 Å². The number of rotatable bonds is 2. The van der Waals surface area contributed by atoms with Gasteiger partial charge in [-0.25, -0.2) is 0 Å². The molecular weight excluding hydrogens is 210 g/mol. The van der Waals surface area contributed by atoms with E-state index in [4.69, 9.17) is 0 Å². The summed E-state index contributed by atoms with van der Waals surface area (Å²) in [7, 11) is 0. The second-order valence-corrected chi connectivity index (χ2v) is 4.90. The Bertz CT molecular complexity index is 381.